The first kappa shape index (κ1) is 35.1. The van der Waals surface area contributed by atoms with Crippen LogP contribution in [0, 0.1) is 20.8 Å². The highest BCUT2D eigenvalue weighted by Gasteiger charge is 2.37. The van der Waals surface area contributed by atoms with Crippen LogP contribution < -0.4 is 4.74 Å². The van der Waals surface area contributed by atoms with Crippen LogP contribution in [0.15, 0.2) is 54.9 Å². The molecule has 2 heterocycles. The van der Waals surface area contributed by atoms with Gasteiger partial charge in [-0.2, -0.15) is 26.3 Å². The summed E-state index contributed by atoms with van der Waals surface area (Å²) in [5.41, 5.74) is -0.461. The third-order valence-electron chi connectivity index (χ3n) is 4.26. The minimum Gasteiger partial charge on any atom is -0.488 e. The molecule has 0 spiro atoms. The molecule has 36 heavy (non-hydrogen) atoms. The average molecular weight is 852 g/mol. The number of benzene rings is 1. The maximum absolute atomic E-state index is 12.9. The molecule has 3 rings (SSSR count). The molecular formula is C24H25F6I3N2O. The zero-order valence-electron chi connectivity index (χ0n) is 19.8. The molecule has 0 aliphatic carbocycles. The summed E-state index contributed by atoms with van der Waals surface area (Å²) in [6.45, 7) is 4.19. The standard InChI is InChI=1S/C14H12F3NO.C8H8F3N.CH2I2.CH3I/c1-10-13(14(15,16)17)12(7-8-18-10)19-9-11-5-3-2-4-6-11;1-5-3-4-12-6(2)7(5)8(9,10)11;2-1-3;1-2/h2-8H,9H2,1H3;3-4H,1-2H3;1H2;1H3. The third-order valence-corrected chi connectivity index (χ3v) is 4.26. The van der Waals surface area contributed by atoms with Gasteiger partial charge in [0, 0.05) is 18.1 Å². The third kappa shape index (κ3) is 12.6. The van der Waals surface area contributed by atoms with Gasteiger partial charge >= 0.3 is 12.4 Å². The summed E-state index contributed by atoms with van der Waals surface area (Å²) in [6, 6.07) is 11.6. The monoisotopic (exact) mass is 852 g/mol. The molecule has 0 bridgehead atoms. The van der Waals surface area contributed by atoms with Gasteiger partial charge in [-0.1, -0.05) is 98.1 Å². The Kier molecular flexibility index (Phi) is 17.1. The van der Waals surface area contributed by atoms with Crippen molar-refractivity contribution >= 4 is 67.8 Å². The Morgan fingerprint density at radius 3 is 1.58 bits per heavy atom. The van der Waals surface area contributed by atoms with Crippen LogP contribution in [0.5, 0.6) is 5.75 Å². The highest BCUT2D eigenvalue weighted by Crippen LogP contribution is 2.38. The van der Waals surface area contributed by atoms with Gasteiger partial charge in [0.25, 0.3) is 0 Å². The molecule has 0 saturated heterocycles. The summed E-state index contributed by atoms with van der Waals surface area (Å²) >= 11 is 6.70. The Morgan fingerprint density at radius 2 is 1.17 bits per heavy atom. The molecule has 3 aromatic rings. The Balaban J connectivity index is 0.000000618. The largest absolute Gasteiger partial charge is 0.488 e. The second kappa shape index (κ2) is 17.6. The maximum atomic E-state index is 12.9. The van der Waals surface area contributed by atoms with Crippen molar-refractivity contribution in [1.29, 1.82) is 0 Å². The minimum atomic E-state index is -4.47. The fraction of sp³-hybridized carbons (Fsp3) is 0.333. The topological polar surface area (TPSA) is 35.0 Å². The van der Waals surface area contributed by atoms with Crippen molar-refractivity contribution in [2.75, 3.05) is 7.36 Å². The Labute approximate surface area is 248 Å². The quantitative estimate of drug-likeness (QED) is 0.150. The Bertz CT molecular complexity index is 1010. The van der Waals surface area contributed by atoms with E-state index in [1.807, 2.05) is 11.0 Å². The van der Waals surface area contributed by atoms with Crippen molar-refractivity contribution in [1.82, 2.24) is 9.97 Å². The molecule has 2 aromatic heterocycles. The number of alkyl halides is 9. The lowest BCUT2D eigenvalue weighted by molar-refractivity contribution is -0.140. The summed E-state index contributed by atoms with van der Waals surface area (Å²) in [4.78, 5) is 9.22. The molecule has 200 valence electrons. The van der Waals surface area contributed by atoms with Gasteiger partial charge in [-0.05, 0) is 49.0 Å². The highest BCUT2D eigenvalue weighted by molar-refractivity contribution is 14.2. The second-order valence-corrected chi connectivity index (χ2v) is 11.2. The van der Waals surface area contributed by atoms with Crippen molar-refractivity contribution in [3.8, 4) is 5.75 Å². The molecule has 3 nitrogen and oxygen atoms in total. The fourth-order valence-electron chi connectivity index (χ4n) is 2.87. The van der Waals surface area contributed by atoms with E-state index in [0.717, 1.165) is 5.56 Å². The van der Waals surface area contributed by atoms with Crippen LogP contribution in [0.3, 0.4) is 0 Å². The SMILES string of the molecule is CI.Cc1ccnc(C)c1C(F)(F)F.Cc1nccc(OCc2ccccc2)c1C(F)(F)F.ICI. The molecule has 0 saturated carbocycles. The first-order valence-electron chi connectivity index (χ1n) is 10.0. The van der Waals surface area contributed by atoms with Crippen molar-refractivity contribution in [3.63, 3.8) is 0 Å². The number of hydrogen-bond donors (Lipinski definition) is 0. The lowest BCUT2D eigenvalue weighted by atomic mass is 10.1. The molecule has 1 aromatic carbocycles. The van der Waals surface area contributed by atoms with Crippen LogP contribution in [-0.4, -0.2) is 17.3 Å². The van der Waals surface area contributed by atoms with E-state index in [4.69, 9.17) is 4.74 Å². The average Bonchev–Trinajstić information content (AvgIpc) is 2.79. The smallest absolute Gasteiger partial charge is 0.421 e. The first-order chi connectivity index (χ1) is 16.8. The van der Waals surface area contributed by atoms with Crippen molar-refractivity contribution < 1.29 is 31.1 Å². The van der Waals surface area contributed by atoms with Gasteiger partial charge in [-0.15, -0.1) is 0 Å². The van der Waals surface area contributed by atoms with E-state index in [2.05, 4.69) is 77.7 Å². The zero-order chi connectivity index (χ0) is 27.9. The van der Waals surface area contributed by atoms with E-state index >= 15 is 0 Å². The van der Waals surface area contributed by atoms with E-state index in [-0.39, 0.29) is 29.3 Å². The first-order valence-corrected chi connectivity index (χ1v) is 15.2. The predicted molar refractivity (Wildman–Crippen MR) is 156 cm³/mol. The summed E-state index contributed by atoms with van der Waals surface area (Å²) < 4.78 is 82.0. The number of pyridine rings is 2. The van der Waals surface area contributed by atoms with E-state index in [1.54, 1.807) is 24.3 Å². The van der Waals surface area contributed by atoms with Crippen molar-refractivity contribution in [2.45, 2.75) is 39.7 Å². The van der Waals surface area contributed by atoms with Gasteiger partial charge in [-0.25, -0.2) is 0 Å². The summed E-state index contributed by atoms with van der Waals surface area (Å²) in [5.74, 6) is -0.191. The van der Waals surface area contributed by atoms with Gasteiger partial charge in [0.2, 0.25) is 0 Å². The van der Waals surface area contributed by atoms with Crippen LogP contribution >= 0.6 is 67.8 Å². The number of rotatable bonds is 3. The number of hydrogen-bond acceptors (Lipinski definition) is 3. The molecule has 0 fully saturated rings. The molecule has 0 amide bonds. The van der Waals surface area contributed by atoms with Gasteiger partial charge in [0.15, 0.2) is 0 Å². The second-order valence-electron chi connectivity index (χ2n) is 6.73. The highest BCUT2D eigenvalue weighted by atomic mass is 127. The molecule has 12 heteroatoms. The van der Waals surface area contributed by atoms with Crippen LogP contribution in [0.2, 0.25) is 0 Å². The Morgan fingerprint density at radius 1 is 0.722 bits per heavy atom. The fourth-order valence-corrected chi connectivity index (χ4v) is 2.87. The van der Waals surface area contributed by atoms with Crippen LogP contribution in [0.25, 0.3) is 0 Å². The van der Waals surface area contributed by atoms with E-state index < -0.39 is 23.5 Å². The zero-order valence-corrected chi connectivity index (χ0v) is 26.3. The van der Waals surface area contributed by atoms with Crippen LogP contribution in [0.4, 0.5) is 26.3 Å². The maximum Gasteiger partial charge on any atom is 0.421 e. The molecule has 0 aliphatic heterocycles. The molecule has 0 N–H and O–H groups in total. The van der Waals surface area contributed by atoms with Gasteiger partial charge in [-0.3, -0.25) is 9.97 Å². The summed E-state index contributed by atoms with van der Waals surface area (Å²) in [5, 5.41) is 0. The molecule has 0 unspecified atom stereocenters. The lowest BCUT2D eigenvalue weighted by Gasteiger charge is -2.15. The number of aromatic nitrogens is 2. The number of ether oxygens (including phenoxy) is 1. The number of aryl methyl sites for hydroxylation is 3. The van der Waals surface area contributed by atoms with Gasteiger partial charge in [0.1, 0.15) is 17.9 Å². The van der Waals surface area contributed by atoms with Crippen LogP contribution in [0.1, 0.15) is 33.6 Å². The van der Waals surface area contributed by atoms with Crippen LogP contribution in [-0.2, 0) is 19.0 Å². The van der Waals surface area contributed by atoms with E-state index in [0.29, 0.717) is 0 Å². The lowest BCUT2D eigenvalue weighted by Crippen LogP contribution is -2.12. The van der Waals surface area contributed by atoms with E-state index in [1.165, 1.54) is 47.7 Å². The molecular weight excluding hydrogens is 827 g/mol. The molecule has 0 aliphatic rings. The summed E-state index contributed by atoms with van der Waals surface area (Å²) in [6.07, 6.45) is -6.07. The van der Waals surface area contributed by atoms with E-state index in [9.17, 15) is 26.3 Å². The predicted octanol–water partition coefficient (Wildman–Crippen LogP) is 9.57. The normalized spacial score (nSPS) is 10.6. The molecule has 0 radical (unpaired) electrons. The Hall–Kier alpha value is -0.910. The molecule has 0 atom stereocenters. The summed E-state index contributed by atoms with van der Waals surface area (Å²) in [7, 11) is 0. The number of halogens is 9. The van der Waals surface area contributed by atoms with Gasteiger partial charge < -0.3 is 4.74 Å². The number of nitrogens with zero attached hydrogens (tertiary/aromatic N) is 2. The van der Waals surface area contributed by atoms with Crippen molar-refractivity contribution in [2.24, 2.45) is 0 Å². The minimum absolute atomic E-state index is 0.0301. The van der Waals surface area contributed by atoms with Gasteiger partial charge in [0.05, 0.1) is 13.7 Å². The van der Waals surface area contributed by atoms with Crippen molar-refractivity contribution in [3.05, 3.63) is 88.5 Å².